The van der Waals surface area contributed by atoms with Crippen LogP contribution >= 0.6 is 0 Å². The number of carbonyl (C=O) groups is 1. The first-order valence-electron chi connectivity index (χ1n) is 6.56. The van der Waals surface area contributed by atoms with E-state index in [2.05, 4.69) is 11.8 Å². The minimum atomic E-state index is -0.00231. The molecular weight excluding hydrogens is 214 g/mol. The highest BCUT2D eigenvalue weighted by atomic mass is 16.4. The van der Waals surface area contributed by atoms with Crippen molar-refractivity contribution in [1.29, 1.82) is 0 Å². The molecule has 0 radical (unpaired) electrons. The molecule has 0 saturated carbocycles. The summed E-state index contributed by atoms with van der Waals surface area (Å²) in [6.45, 7) is 5.89. The Morgan fingerprint density at radius 2 is 2.24 bits per heavy atom. The lowest BCUT2D eigenvalue weighted by molar-refractivity contribution is 0.0987. The Balaban J connectivity index is 2.03. The van der Waals surface area contributed by atoms with Crippen molar-refractivity contribution in [1.82, 2.24) is 0 Å². The maximum atomic E-state index is 11.2. The molecule has 2 heterocycles. The Labute approximate surface area is 103 Å². The van der Waals surface area contributed by atoms with Crippen molar-refractivity contribution in [3.05, 3.63) is 17.9 Å². The van der Waals surface area contributed by atoms with Gasteiger partial charge in [0.05, 0.1) is 0 Å². The molecule has 0 amide bonds. The summed E-state index contributed by atoms with van der Waals surface area (Å²) < 4.78 is 5.59. The average molecular weight is 235 g/mol. The van der Waals surface area contributed by atoms with Crippen LogP contribution in [0.1, 0.15) is 50.1 Å². The maximum Gasteiger partial charge on any atom is 0.196 e. The summed E-state index contributed by atoms with van der Waals surface area (Å²) >= 11 is 0. The molecule has 1 aliphatic heterocycles. The van der Waals surface area contributed by atoms with E-state index in [1.807, 2.05) is 6.07 Å². The van der Waals surface area contributed by atoms with Gasteiger partial charge in [0.2, 0.25) is 0 Å². The summed E-state index contributed by atoms with van der Waals surface area (Å²) in [5, 5.41) is 0. The van der Waals surface area contributed by atoms with Gasteiger partial charge in [-0.2, -0.15) is 0 Å². The third-order valence-corrected chi connectivity index (χ3v) is 3.68. The van der Waals surface area contributed by atoms with E-state index >= 15 is 0 Å². The van der Waals surface area contributed by atoms with Gasteiger partial charge in [0.1, 0.15) is 0 Å². The lowest BCUT2D eigenvalue weighted by Crippen LogP contribution is -2.23. The van der Waals surface area contributed by atoms with Crippen LogP contribution in [0.3, 0.4) is 0 Å². The van der Waals surface area contributed by atoms with E-state index in [0.29, 0.717) is 5.76 Å². The molecular formula is C14H21NO2. The summed E-state index contributed by atoms with van der Waals surface area (Å²) in [5.41, 5.74) is 0. The van der Waals surface area contributed by atoms with Crippen LogP contribution in [0.5, 0.6) is 0 Å². The number of hydrogen-bond acceptors (Lipinski definition) is 3. The molecule has 1 atom stereocenters. The summed E-state index contributed by atoms with van der Waals surface area (Å²) in [6, 6.07) is 3.70. The first-order chi connectivity index (χ1) is 8.20. The molecule has 3 heteroatoms. The van der Waals surface area contributed by atoms with Crippen molar-refractivity contribution < 1.29 is 9.21 Å². The molecule has 1 aliphatic rings. The molecule has 1 fully saturated rings. The lowest BCUT2D eigenvalue weighted by Gasteiger charge is -2.19. The third kappa shape index (κ3) is 2.90. The minimum Gasteiger partial charge on any atom is -0.437 e. The molecule has 94 valence electrons. The Hall–Kier alpha value is -1.25. The summed E-state index contributed by atoms with van der Waals surface area (Å²) in [7, 11) is 0. The van der Waals surface area contributed by atoms with Crippen molar-refractivity contribution in [2.75, 3.05) is 18.0 Å². The van der Waals surface area contributed by atoms with Gasteiger partial charge in [-0.25, -0.2) is 0 Å². The molecule has 0 N–H and O–H groups in total. The molecule has 17 heavy (non-hydrogen) atoms. The molecule has 1 aromatic rings. The fourth-order valence-corrected chi connectivity index (χ4v) is 2.48. The van der Waals surface area contributed by atoms with Crippen molar-refractivity contribution in [3.63, 3.8) is 0 Å². The minimum absolute atomic E-state index is 0.00231. The summed E-state index contributed by atoms with van der Waals surface area (Å²) in [5.74, 6) is 2.17. The molecule has 0 aliphatic carbocycles. The van der Waals surface area contributed by atoms with Gasteiger partial charge in [-0.3, -0.25) is 4.79 Å². The van der Waals surface area contributed by atoms with E-state index in [1.54, 1.807) is 6.07 Å². The van der Waals surface area contributed by atoms with Crippen LogP contribution in [0.25, 0.3) is 0 Å². The van der Waals surface area contributed by atoms with Gasteiger partial charge in [0.15, 0.2) is 17.4 Å². The Morgan fingerprint density at radius 3 is 2.88 bits per heavy atom. The molecule has 2 rings (SSSR count). The zero-order chi connectivity index (χ0) is 12.3. The molecule has 1 unspecified atom stereocenters. The Morgan fingerprint density at radius 1 is 1.41 bits per heavy atom. The van der Waals surface area contributed by atoms with E-state index in [1.165, 1.54) is 32.6 Å². The van der Waals surface area contributed by atoms with E-state index in [0.717, 1.165) is 24.9 Å². The zero-order valence-electron chi connectivity index (χ0n) is 10.7. The van der Waals surface area contributed by atoms with Gasteiger partial charge in [-0.1, -0.05) is 13.3 Å². The van der Waals surface area contributed by atoms with Gasteiger partial charge >= 0.3 is 0 Å². The first-order valence-corrected chi connectivity index (χ1v) is 6.56. The molecule has 0 bridgehead atoms. The predicted molar refractivity (Wildman–Crippen MR) is 68.6 cm³/mol. The van der Waals surface area contributed by atoms with Crippen LogP contribution in [0.15, 0.2) is 16.5 Å². The van der Waals surface area contributed by atoms with E-state index in [9.17, 15) is 4.79 Å². The highest BCUT2D eigenvalue weighted by Gasteiger charge is 2.18. The van der Waals surface area contributed by atoms with Crippen LogP contribution in [0.2, 0.25) is 0 Å². The van der Waals surface area contributed by atoms with Crippen LogP contribution < -0.4 is 4.90 Å². The molecule has 0 spiro atoms. The Kier molecular flexibility index (Phi) is 3.87. The molecule has 0 aromatic carbocycles. The highest BCUT2D eigenvalue weighted by molar-refractivity contribution is 5.91. The third-order valence-electron chi connectivity index (χ3n) is 3.68. The van der Waals surface area contributed by atoms with Crippen molar-refractivity contribution >= 4 is 11.7 Å². The Bertz CT molecular complexity index is 383. The van der Waals surface area contributed by atoms with Gasteiger partial charge in [-0.05, 0) is 31.2 Å². The van der Waals surface area contributed by atoms with Gasteiger partial charge < -0.3 is 9.32 Å². The van der Waals surface area contributed by atoms with Crippen LogP contribution in [-0.2, 0) is 0 Å². The standard InChI is InChI=1S/C14H21NO2/c1-3-12-5-4-9-15(10-8-12)14-7-6-13(17-14)11(2)16/h6-7,12H,3-5,8-10H2,1-2H3. The van der Waals surface area contributed by atoms with Gasteiger partial charge in [-0.15, -0.1) is 0 Å². The highest BCUT2D eigenvalue weighted by Crippen LogP contribution is 2.25. The number of ketones is 1. The monoisotopic (exact) mass is 235 g/mol. The maximum absolute atomic E-state index is 11.2. The number of furan rings is 1. The van der Waals surface area contributed by atoms with E-state index in [-0.39, 0.29) is 5.78 Å². The predicted octanol–water partition coefficient (Wildman–Crippen LogP) is 3.50. The smallest absolute Gasteiger partial charge is 0.196 e. The van der Waals surface area contributed by atoms with Crippen molar-refractivity contribution in [2.24, 2.45) is 5.92 Å². The van der Waals surface area contributed by atoms with Gasteiger partial charge in [0, 0.05) is 26.1 Å². The topological polar surface area (TPSA) is 33.5 Å². The summed E-state index contributed by atoms with van der Waals surface area (Å²) in [6.07, 6.45) is 5.03. The number of nitrogens with zero attached hydrogens (tertiary/aromatic N) is 1. The van der Waals surface area contributed by atoms with Gasteiger partial charge in [0.25, 0.3) is 0 Å². The molecule has 3 nitrogen and oxygen atoms in total. The quantitative estimate of drug-likeness (QED) is 0.752. The summed E-state index contributed by atoms with van der Waals surface area (Å²) in [4.78, 5) is 13.5. The van der Waals surface area contributed by atoms with Crippen LogP contribution in [0.4, 0.5) is 5.88 Å². The van der Waals surface area contributed by atoms with E-state index in [4.69, 9.17) is 4.42 Å². The van der Waals surface area contributed by atoms with Crippen LogP contribution in [0, 0.1) is 5.92 Å². The molecule has 1 saturated heterocycles. The molecule has 1 aromatic heterocycles. The fourth-order valence-electron chi connectivity index (χ4n) is 2.48. The zero-order valence-corrected chi connectivity index (χ0v) is 10.7. The second-order valence-corrected chi connectivity index (χ2v) is 4.89. The second-order valence-electron chi connectivity index (χ2n) is 4.89. The number of Topliss-reactive ketones (excluding diaryl/α,β-unsaturated/α-hetero) is 1. The van der Waals surface area contributed by atoms with Crippen molar-refractivity contribution in [3.8, 4) is 0 Å². The lowest BCUT2D eigenvalue weighted by atomic mass is 9.98. The normalized spacial score (nSPS) is 21.3. The van der Waals surface area contributed by atoms with E-state index < -0.39 is 0 Å². The first kappa shape index (κ1) is 12.2. The fraction of sp³-hybridized carbons (Fsp3) is 0.643. The number of anilines is 1. The number of rotatable bonds is 3. The average Bonchev–Trinajstić information content (AvgIpc) is 2.68. The number of carbonyl (C=O) groups excluding carboxylic acids is 1. The van der Waals surface area contributed by atoms with Crippen LogP contribution in [-0.4, -0.2) is 18.9 Å². The number of hydrogen-bond donors (Lipinski definition) is 0. The largest absolute Gasteiger partial charge is 0.437 e. The second kappa shape index (κ2) is 5.39. The van der Waals surface area contributed by atoms with Crippen molar-refractivity contribution in [2.45, 2.75) is 39.5 Å². The SMILES string of the molecule is CCC1CCCN(c2ccc(C(C)=O)o2)CC1.